The molecule has 0 unspecified atom stereocenters. The molecular weight excluding hydrogens is 334 g/mol. The van der Waals surface area contributed by atoms with E-state index >= 15 is 0 Å². The molecule has 2 aromatic heterocycles. The second-order valence-electron chi connectivity index (χ2n) is 6.78. The lowest BCUT2D eigenvalue weighted by atomic mass is 9.90. The average Bonchev–Trinajstić information content (AvgIpc) is 3.19. The molecular formula is C18H23N5OS. The zero-order valence-corrected chi connectivity index (χ0v) is 15.1. The highest BCUT2D eigenvalue weighted by atomic mass is 32.1. The number of nitrogens with zero attached hydrogens (tertiary/aromatic N) is 5. The summed E-state index contributed by atoms with van der Waals surface area (Å²) < 4.78 is 0. The molecule has 0 aromatic carbocycles. The third-order valence-electron chi connectivity index (χ3n) is 5.13. The number of carbonyl (C=O) groups is 1. The lowest BCUT2D eigenvalue weighted by Crippen LogP contribution is -2.48. The third kappa shape index (κ3) is 3.66. The van der Waals surface area contributed by atoms with E-state index < -0.39 is 0 Å². The van der Waals surface area contributed by atoms with Crippen molar-refractivity contribution in [3.05, 3.63) is 35.1 Å². The Bertz CT molecular complexity index is 705. The van der Waals surface area contributed by atoms with E-state index in [0.29, 0.717) is 24.6 Å². The van der Waals surface area contributed by atoms with Crippen LogP contribution in [0, 0.1) is 0 Å². The number of carbonyl (C=O) groups excluding carboxylic acids is 1. The maximum Gasteiger partial charge on any atom is 0.255 e. The van der Waals surface area contributed by atoms with Crippen molar-refractivity contribution >= 4 is 22.4 Å². The molecule has 2 aromatic rings. The van der Waals surface area contributed by atoms with Crippen LogP contribution in [0.4, 0.5) is 5.13 Å². The number of aromatic nitrogens is 3. The number of piperazine rings is 1. The highest BCUT2D eigenvalue weighted by molar-refractivity contribution is 7.15. The van der Waals surface area contributed by atoms with Crippen molar-refractivity contribution in [3.63, 3.8) is 0 Å². The van der Waals surface area contributed by atoms with Gasteiger partial charge in [0.2, 0.25) is 5.13 Å². The first-order valence-electron chi connectivity index (χ1n) is 9.09. The fraction of sp³-hybridized carbons (Fsp3) is 0.556. The second kappa shape index (κ2) is 7.47. The van der Waals surface area contributed by atoms with Crippen LogP contribution in [-0.2, 0) is 0 Å². The monoisotopic (exact) mass is 357 g/mol. The summed E-state index contributed by atoms with van der Waals surface area (Å²) in [5.74, 6) is 0.668. The molecule has 0 radical (unpaired) electrons. The molecule has 1 aliphatic heterocycles. The van der Waals surface area contributed by atoms with E-state index in [2.05, 4.69) is 20.1 Å². The molecule has 2 aliphatic rings. The van der Waals surface area contributed by atoms with Gasteiger partial charge in [0.25, 0.3) is 5.91 Å². The highest BCUT2D eigenvalue weighted by Crippen LogP contribution is 2.36. The standard InChI is InChI=1S/C18H23N5OS/c24-17(15-7-4-8-19-13-15)22-9-11-23(12-10-22)18-21-20-16(25-18)14-5-2-1-3-6-14/h4,7-8,13-14H,1-3,5-6,9-12H2. The summed E-state index contributed by atoms with van der Waals surface area (Å²) in [6.45, 7) is 3.05. The predicted molar refractivity (Wildman–Crippen MR) is 98.1 cm³/mol. The highest BCUT2D eigenvalue weighted by Gasteiger charge is 2.26. The minimum absolute atomic E-state index is 0.0629. The summed E-state index contributed by atoms with van der Waals surface area (Å²) in [5.41, 5.74) is 0.659. The normalized spacial score (nSPS) is 19.2. The summed E-state index contributed by atoms with van der Waals surface area (Å²) >= 11 is 1.74. The molecule has 6 nitrogen and oxygen atoms in total. The van der Waals surface area contributed by atoms with Crippen LogP contribution in [-0.4, -0.2) is 52.2 Å². The van der Waals surface area contributed by atoms with Gasteiger partial charge in [-0.1, -0.05) is 30.6 Å². The SMILES string of the molecule is O=C(c1cccnc1)N1CCN(c2nnc(C3CCCCC3)s2)CC1. The first-order chi connectivity index (χ1) is 12.3. The summed E-state index contributed by atoms with van der Waals surface area (Å²) in [6.07, 6.45) is 9.81. The van der Waals surface area contributed by atoms with Crippen LogP contribution in [0.1, 0.15) is 53.4 Å². The quantitative estimate of drug-likeness (QED) is 0.845. The van der Waals surface area contributed by atoms with E-state index in [4.69, 9.17) is 0 Å². The van der Waals surface area contributed by atoms with Crippen molar-refractivity contribution in [2.45, 2.75) is 38.0 Å². The van der Waals surface area contributed by atoms with Crippen LogP contribution in [0.3, 0.4) is 0 Å². The Morgan fingerprint density at radius 1 is 1.08 bits per heavy atom. The zero-order chi connectivity index (χ0) is 17.1. The minimum Gasteiger partial charge on any atom is -0.343 e. The van der Waals surface area contributed by atoms with Gasteiger partial charge in [0.05, 0.1) is 5.56 Å². The molecule has 7 heteroatoms. The maximum absolute atomic E-state index is 12.5. The number of rotatable bonds is 3. The molecule has 1 amide bonds. The van der Waals surface area contributed by atoms with E-state index in [9.17, 15) is 4.79 Å². The molecule has 25 heavy (non-hydrogen) atoms. The maximum atomic E-state index is 12.5. The van der Waals surface area contributed by atoms with Crippen LogP contribution in [0.25, 0.3) is 0 Å². The number of anilines is 1. The number of amides is 1. The molecule has 1 aliphatic carbocycles. The van der Waals surface area contributed by atoms with Gasteiger partial charge in [0.15, 0.2) is 0 Å². The minimum atomic E-state index is 0.0629. The van der Waals surface area contributed by atoms with Crippen molar-refractivity contribution in [1.82, 2.24) is 20.1 Å². The van der Waals surface area contributed by atoms with Gasteiger partial charge in [-0.15, -0.1) is 10.2 Å². The Kier molecular flexibility index (Phi) is 4.92. The Labute approximate surface area is 151 Å². The van der Waals surface area contributed by atoms with Crippen molar-refractivity contribution in [2.75, 3.05) is 31.1 Å². The van der Waals surface area contributed by atoms with Gasteiger partial charge in [-0.05, 0) is 25.0 Å². The van der Waals surface area contributed by atoms with Crippen molar-refractivity contribution in [2.24, 2.45) is 0 Å². The molecule has 1 saturated heterocycles. The van der Waals surface area contributed by atoms with Crippen LogP contribution < -0.4 is 4.90 Å². The molecule has 1 saturated carbocycles. The largest absolute Gasteiger partial charge is 0.343 e. The van der Waals surface area contributed by atoms with Gasteiger partial charge in [0.1, 0.15) is 5.01 Å². The topological polar surface area (TPSA) is 62.2 Å². The summed E-state index contributed by atoms with van der Waals surface area (Å²) in [5, 5.41) is 11.1. The van der Waals surface area contributed by atoms with Gasteiger partial charge in [-0.25, -0.2) is 0 Å². The molecule has 0 spiro atoms. The predicted octanol–water partition coefficient (Wildman–Crippen LogP) is 2.94. The van der Waals surface area contributed by atoms with E-state index in [1.165, 1.54) is 37.1 Å². The van der Waals surface area contributed by atoms with Crippen molar-refractivity contribution in [1.29, 1.82) is 0 Å². The summed E-state index contributed by atoms with van der Waals surface area (Å²) in [7, 11) is 0. The Balaban J connectivity index is 1.36. The molecule has 0 bridgehead atoms. The molecule has 0 N–H and O–H groups in total. The third-order valence-corrected chi connectivity index (χ3v) is 6.28. The van der Waals surface area contributed by atoms with Crippen molar-refractivity contribution < 1.29 is 4.79 Å². The molecule has 3 heterocycles. The summed E-state index contributed by atoms with van der Waals surface area (Å²) in [4.78, 5) is 20.7. The number of hydrogen-bond donors (Lipinski definition) is 0. The van der Waals surface area contributed by atoms with Gasteiger partial charge < -0.3 is 9.80 Å². The van der Waals surface area contributed by atoms with Gasteiger partial charge in [0, 0.05) is 44.5 Å². The average molecular weight is 357 g/mol. The Morgan fingerprint density at radius 3 is 2.60 bits per heavy atom. The molecule has 0 atom stereocenters. The lowest BCUT2D eigenvalue weighted by Gasteiger charge is -2.34. The zero-order valence-electron chi connectivity index (χ0n) is 14.3. The van der Waals surface area contributed by atoms with Gasteiger partial charge in [-0.3, -0.25) is 9.78 Å². The van der Waals surface area contributed by atoms with E-state index in [1.54, 1.807) is 29.8 Å². The van der Waals surface area contributed by atoms with Gasteiger partial charge in [-0.2, -0.15) is 0 Å². The molecule has 4 rings (SSSR count). The number of pyridine rings is 1. The Hall–Kier alpha value is -2.02. The second-order valence-corrected chi connectivity index (χ2v) is 7.77. The van der Waals surface area contributed by atoms with E-state index in [-0.39, 0.29) is 5.91 Å². The van der Waals surface area contributed by atoms with E-state index in [0.717, 1.165) is 18.2 Å². The van der Waals surface area contributed by atoms with E-state index in [1.807, 2.05) is 11.0 Å². The number of hydrogen-bond acceptors (Lipinski definition) is 6. The molecule has 132 valence electrons. The first-order valence-corrected chi connectivity index (χ1v) is 9.90. The van der Waals surface area contributed by atoms with Crippen LogP contribution in [0.2, 0.25) is 0 Å². The summed E-state index contributed by atoms with van der Waals surface area (Å²) in [6, 6.07) is 3.63. The van der Waals surface area contributed by atoms with Crippen LogP contribution >= 0.6 is 11.3 Å². The van der Waals surface area contributed by atoms with Crippen LogP contribution in [0.15, 0.2) is 24.5 Å². The fourth-order valence-electron chi connectivity index (χ4n) is 3.64. The van der Waals surface area contributed by atoms with Gasteiger partial charge >= 0.3 is 0 Å². The first kappa shape index (κ1) is 16.4. The smallest absolute Gasteiger partial charge is 0.255 e. The molecule has 2 fully saturated rings. The van der Waals surface area contributed by atoms with Crippen molar-refractivity contribution in [3.8, 4) is 0 Å². The lowest BCUT2D eigenvalue weighted by molar-refractivity contribution is 0.0746. The van der Waals surface area contributed by atoms with Crippen LogP contribution in [0.5, 0.6) is 0 Å². The fourth-order valence-corrected chi connectivity index (χ4v) is 4.71. The Morgan fingerprint density at radius 2 is 1.88 bits per heavy atom.